The van der Waals surface area contributed by atoms with Crippen LogP contribution in [0.15, 0.2) is 42.5 Å². The lowest BCUT2D eigenvalue weighted by atomic mass is 10.1. The Labute approximate surface area is 164 Å². The average Bonchev–Trinajstić information content (AvgIpc) is 2.63. The molecule has 0 heterocycles. The third kappa shape index (κ3) is 6.52. The number of nitrogens with one attached hydrogen (secondary N) is 1. The molecule has 6 heteroatoms. The summed E-state index contributed by atoms with van der Waals surface area (Å²) in [5.74, 6) is -0.0689. The van der Waals surface area contributed by atoms with E-state index in [9.17, 15) is 9.90 Å². The summed E-state index contributed by atoms with van der Waals surface area (Å²) in [6.07, 6.45) is 2.51. The standard InChI is InChI=1S/C20H23Cl2NO3/c1-2-3-4-19(20(24)25)23-12-14-5-8-16(9-6-14)26-13-15-7-10-17(21)18(22)11-15/h5-11,19,23H,2-4,12-13H2,1H3,(H,24,25)/t19-/m0/s1. The Morgan fingerprint density at radius 1 is 1.12 bits per heavy atom. The van der Waals surface area contributed by atoms with Crippen molar-refractivity contribution in [1.82, 2.24) is 5.32 Å². The molecule has 0 unspecified atom stereocenters. The van der Waals surface area contributed by atoms with Gasteiger partial charge in [-0.15, -0.1) is 0 Å². The Balaban J connectivity index is 1.85. The van der Waals surface area contributed by atoms with Gasteiger partial charge in [-0.25, -0.2) is 0 Å². The lowest BCUT2D eigenvalue weighted by Gasteiger charge is -2.14. The van der Waals surface area contributed by atoms with Gasteiger partial charge in [0, 0.05) is 6.54 Å². The number of ether oxygens (including phenoxy) is 1. The highest BCUT2D eigenvalue weighted by Gasteiger charge is 2.15. The van der Waals surface area contributed by atoms with Crippen LogP contribution in [0.25, 0.3) is 0 Å². The van der Waals surface area contributed by atoms with Gasteiger partial charge in [-0.2, -0.15) is 0 Å². The van der Waals surface area contributed by atoms with Crippen molar-refractivity contribution in [2.75, 3.05) is 0 Å². The van der Waals surface area contributed by atoms with Crippen LogP contribution >= 0.6 is 23.2 Å². The van der Waals surface area contributed by atoms with Crippen LogP contribution in [0.4, 0.5) is 0 Å². The topological polar surface area (TPSA) is 58.6 Å². The van der Waals surface area contributed by atoms with E-state index in [2.05, 4.69) is 12.2 Å². The van der Waals surface area contributed by atoms with Gasteiger partial charge in [-0.3, -0.25) is 4.79 Å². The number of rotatable bonds is 10. The molecule has 1 atom stereocenters. The van der Waals surface area contributed by atoms with E-state index >= 15 is 0 Å². The second-order valence-corrected chi connectivity index (χ2v) is 6.91. The van der Waals surface area contributed by atoms with Gasteiger partial charge in [-0.05, 0) is 41.8 Å². The van der Waals surface area contributed by atoms with Gasteiger partial charge < -0.3 is 15.2 Å². The predicted octanol–water partition coefficient (Wildman–Crippen LogP) is 5.31. The zero-order valence-corrected chi connectivity index (χ0v) is 16.2. The first-order chi connectivity index (χ1) is 12.5. The third-order valence-corrected chi connectivity index (χ3v) is 4.75. The van der Waals surface area contributed by atoms with E-state index in [-0.39, 0.29) is 0 Å². The summed E-state index contributed by atoms with van der Waals surface area (Å²) < 4.78 is 5.74. The fraction of sp³-hybridized carbons (Fsp3) is 0.350. The smallest absolute Gasteiger partial charge is 0.320 e. The third-order valence-electron chi connectivity index (χ3n) is 4.01. The summed E-state index contributed by atoms with van der Waals surface area (Å²) in [6, 6.07) is 12.5. The molecule has 0 radical (unpaired) electrons. The fourth-order valence-electron chi connectivity index (χ4n) is 2.46. The van der Waals surface area contributed by atoms with Crippen molar-refractivity contribution in [3.05, 3.63) is 63.6 Å². The molecule has 0 spiro atoms. The van der Waals surface area contributed by atoms with E-state index in [4.69, 9.17) is 27.9 Å². The highest BCUT2D eigenvalue weighted by Crippen LogP contribution is 2.23. The summed E-state index contributed by atoms with van der Waals surface area (Å²) in [5.41, 5.74) is 1.94. The van der Waals surface area contributed by atoms with Crippen LogP contribution in [0.3, 0.4) is 0 Å². The van der Waals surface area contributed by atoms with Gasteiger partial charge in [0.05, 0.1) is 10.0 Å². The molecule has 0 saturated carbocycles. The molecular formula is C20H23Cl2NO3. The minimum atomic E-state index is -0.806. The Kier molecular flexibility index (Phi) is 8.23. The van der Waals surface area contributed by atoms with Gasteiger partial charge >= 0.3 is 5.97 Å². The van der Waals surface area contributed by atoms with Crippen LogP contribution in [0, 0.1) is 0 Å². The molecule has 0 aliphatic carbocycles. The summed E-state index contributed by atoms with van der Waals surface area (Å²) in [6.45, 7) is 2.95. The van der Waals surface area contributed by atoms with Crippen LogP contribution in [0.1, 0.15) is 37.3 Å². The second-order valence-electron chi connectivity index (χ2n) is 6.10. The largest absolute Gasteiger partial charge is 0.489 e. The second kappa shape index (κ2) is 10.4. The van der Waals surface area contributed by atoms with Gasteiger partial charge in [0.25, 0.3) is 0 Å². The van der Waals surface area contributed by atoms with Crippen LogP contribution in [-0.4, -0.2) is 17.1 Å². The maximum absolute atomic E-state index is 11.2. The molecule has 4 nitrogen and oxygen atoms in total. The molecule has 0 aliphatic heterocycles. The number of carboxylic acids is 1. The van der Waals surface area contributed by atoms with Crippen molar-refractivity contribution in [3.8, 4) is 5.75 Å². The number of hydrogen-bond acceptors (Lipinski definition) is 3. The quantitative estimate of drug-likeness (QED) is 0.572. The van der Waals surface area contributed by atoms with E-state index in [0.29, 0.717) is 29.6 Å². The Bertz CT molecular complexity index is 719. The van der Waals surface area contributed by atoms with Crippen molar-refractivity contribution >= 4 is 29.2 Å². The fourth-order valence-corrected chi connectivity index (χ4v) is 2.78. The number of carboxylic acid groups (broad SMARTS) is 1. The normalized spacial score (nSPS) is 12.0. The summed E-state index contributed by atoms with van der Waals surface area (Å²) in [4.78, 5) is 11.2. The van der Waals surface area contributed by atoms with Crippen LogP contribution in [0.5, 0.6) is 5.75 Å². The Morgan fingerprint density at radius 3 is 2.42 bits per heavy atom. The maximum Gasteiger partial charge on any atom is 0.320 e. The number of halogens is 2. The Hall–Kier alpha value is -1.75. The number of aliphatic carboxylic acids is 1. The van der Waals surface area contributed by atoms with E-state index in [1.54, 1.807) is 12.1 Å². The van der Waals surface area contributed by atoms with Crippen LogP contribution in [-0.2, 0) is 17.9 Å². The van der Waals surface area contributed by atoms with Crippen molar-refractivity contribution in [3.63, 3.8) is 0 Å². The molecule has 0 aliphatic rings. The highest BCUT2D eigenvalue weighted by atomic mass is 35.5. The first-order valence-electron chi connectivity index (χ1n) is 8.61. The summed E-state index contributed by atoms with van der Waals surface area (Å²) in [7, 11) is 0. The SMILES string of the molecule is CCCC[C@H](NCc1ccc(OCc2ccc(Cl)c(Cl)c2)cc1)C(=O)O. The number of unbranched alkanes of at least 4 members (excludes halogenated alkanes) is 1. The molecule has 0 saturated heterocycles. The molecule has 0 aromatic heterocycles. The summed E-state index contributed by atoms with van der Waals surface area (Å²) in [5, 5.41) is 13.4. The number of hydrogen-bond donors (Lipinski definition) is 2. The van der Waals surface area contributed by atoms with Gasteiger partial charge in [0.15, 0.2) is 0 Å². The number of benzene rings is 2. The van der Waals surface area contributed by atoms with E-state index < -0.39 is 12.0 Å². The van der Waals surface area contributed by atoms with Gasteiger partial charge in [0.2, 0.25) is 0 Å². The summed E-state index contributed by atoms with van der Waals surface area (Å²) >= 11 is 11.9. The molecule has 2 aromatic carbocycles. The maximum atomic E-state index is 11.2. The van der Waals surface area contributed by atoms with Crippen molar-refractivity contribution in [2.45, 2.75) is 45.4 Å². The first kappa shape index (κ1) is 20.6. The van der Waals surface area contributed by atoms with Crippen molar-refractivity contribution in [1.29, 1.82) is 0 Å². The van der Waals surface area contributed by atoms with Crippen LogP contribution in [0.2, 0.25) is 10.0 Å². The molecule has 0 bridgehead atoms. The van der Waals surface area contributed by atoms with Crippen molar-refractivity contribution in [2.24, 2.45) is 0 Å². The zero-order valence-electron chi connectivity index (χ0n) is 14.7. The molecule has 0 amide bonds. The minimum absolute atomic E-state index is 0.395. The molecular weight excluding hydrogens is 373 g/mol. The first-order valence-corrected chi connectivity index (χ1v) is 9.37. The zero-order chi connectivity index (χ0) is 18.9. The number of carbonyl (C=O) groups is 1. The minimum Gasteiger partial charge on any atom is -0.489 e. The predicted molar refractivity (Wildman–Crippen MR) is 105 cm³/mol. The average molecular weight is 396 g/mol. The molecule has 2 N–H and O–H groups in total. The molecule has 0 fully saturated rings. The monoisotopic (exact) mass is 395 g/mol. The lowest BCUT2D eigenvalue weighted by Crippen LogP contribution is -2.36. The molecule has 140 valence electrons. The van der Waals surface area contributed by atoms with E-state index in [0.717, 1.165) is 29.7 Å². The van der Waals surface area contributed by atoms with E-state index in [1.165, 1.54) is 0 Å². The molecule has 2 rings (SSSR count). The van der Waals surface area contributed by atoms with Crippen LogP contribution < -0.4 is 10.1 Å². The van der Waals surface area contributed by atoms with Crippen molar-refractivity contribution < 1.29 is 14.6 Å². The molecule has 26 heavy (non-hydrogen) atoms. The highest BCUT2D eigenvalue weighted by molar-refractivity contribution is 6.42. The molecule has 2 aromatic rings. The van der Waals surface area contributed by atoms with Gasteiger partial charge in [-0.1, -0.05) is 61.2 Å². The van der Waals surface area contributed by atoms with Gasteiger partial charge in [0.1, 0.15) is 18.4 Å². The Morgan fingerprint density at radius 2 is 1.81 bits per heavy atom. The lowest BCUT2D eigenvalue weighted by molar-refractivity contribution is -0.139. The van der Waals surface area contributed by atoms with E-state index in [1.807, 2.05) is 30.3 Å².